The van der Waals surface area contributed by atoms with Crippen LogP contribution in [-0.4, -0.2) is 30.1 Å². The van der Waals surface area contributed by atoms with Gasteiger partial charge in [0.15, 0.2) is 0 Å². The first kappa shape index (κ1) is 14.2. The number of hydrogen-bond acceptors (Lipinski definition) is 5. The fraction of sp³-hybridized carbons (Fsp3) is 0.500. The van der Waals surface area contributed by atoms with Crippen LogP contribution in [0.2, 0.25) is 0 Å². The predicted molar refractivity (Wildman–Crippen MR) is 64.7 cm³/mol. The molecule has 0 spiro atoms. The number of rotatable bonds is 7. The Morgan fingerprint density at radius 1 is 1.39 bits per heavy atom. The van der Waals surface area contributed by atoms with Gasteiger partial charge in [0.2, 0.25) is 0 Å². The summed E-state index contributed by atoms with van der Waals surface area (Å²) in [6.07, 6.45) is 1.30. The van der Waals surface area contributed by atoms with E-state index in [9.17, 15) is 9.59 Å². The van der Waals surface area contributed by atoms with Crippen molar-refractivity contribution in [3.63, 3.8) is 0 Å². The molecule has 0 aliphatic carbocycles. The van der Waals surface area contributed by atoms with Crippen LogP contribution in [-0.2, 0) is 19.2 Å². The van der Waals surface area contributed by atoms with Crippen LogP contribution < -0.4 is 5.73 Å². The summed E-state index contributed by atoms with van der Waals surface area (Å²) >= 11 is 0. The molecule has 1 saturated heterocycles. The molecule has 0 atom stereocenters. The number of amides is 1. The third kappa shape index (κ3) is 4.21. The van der Waals surface area contributed by atoms with Gasteiger partial charge in [0.1, 0.15) is 0 Å². The van der Waals surface area contributed by atoms with Crippen molar-refractivity contribution in [2.24, 2.45) is 5.73 Å². The zero-order valence-corrected chi connectivity index (χ0v) is 10.3. The Labute approximate surface area is 106 Å². The normalized spacial score (nSPS) is 14.8. The smallest absolute Gasteiger partial charge is 0.333 e. The number of allylic oxidation sites excluding steroid dienone is 2. The first-order chi connectivity index (χ1) is 8.54. The average molecular weight is 254 g/mol. The summed E-state index contributed by atoms with van der Waals surface area (Å²) in [5.74, 6) is -0.278. The molecule has 0 aromatic carbocycles. The maximum atomic E-state index is 11.5. The van der Waals surface area contributed by atoms with E-state index in [1.54, 1.807) is 0 Å². The molecule has 1 aliphatic heterocycles. The lowest BCUT2D eigenvalue weighted by atomic mass is 10.3. The van der Waals surface area contributed by atoms with Crippen LogP contribution in [0.3, 0.4) is 0 Å². The molecule has 1 amide bonds. The standard InChI is InChI=1S/C12H18N2O4/c1-9-3-5-11(15)14(9)18-12(16)6-4-10(2)17-8-7-13/h1-8,13H2. The van der Waals surface area contributed by atoms with Gasteiger partial charge in [-0.05, 0) is 6.42 Å². The maximum Gasteiger partial charge on any atom is 0.333 e. The van der Waals surface area contributed by atoms with Crippen LogP contribution in [0.15, 0.2) is 24.6 Å². The van der Waals surface area contributed by atoms with Gasteiger partial charge in [-0.25, -0.2) is 4.79 Å². The summed E-state index contributed by atoms with van der Waals surface area (Å²) in [6.45, 7) is 8.05. The van der Waals surface area contributed by atoms with Gasteiger partial charge in [-0.1, -0.05) is 13.2 Å². The molecule has 0 saturated carbocycles. The summed E-state index contributed by atoms with van der Waals surface area (Å²) < 4.78 is 5.13. The fourth-order valence-electron chi connectivity index (χ4n) is 1.41. The molecule has 0 radical (unpaired) electrons. The number of nitrogens with two attached hydrogens (primary N) is 1. The monoisotopic (exact) mass is 254 g/mol. The molecule has 1 fully saturated rings. The van der Waals surface area contributed by atoms with Crippen molar-refractivity contribution in [1.82, 2.24) is 5.06 Å². The number of hydroxylamine groups is 2. The molecule has 1 rings (SSSR count). The van der Waals surface area contributed by atoms with Gasteiger partial charge in [0, 0.05) is 19.4 Å². The highest BCUT2D eigenvalue weighted by Crippen LogP contribution is 2.21. The minimum absolute atomic E-state index is 0.0977. The molecule has 0 bridgehead atoms. The van der Waals surface area contributed by atoms with Crippen molar-refractivity contribution in [2.45, 2.75) is 25.7 Å². The van der Waals surface area contributed by atoms with Crippen molar-refractivity contribution >= 4 is 11.9 Å². The highest BCUT2D eigenvalue weighted by atomic mass is 16.7. The number of carbonyl (C=O) groups is 2. The lowest BCUT2D eigenvalue weighted by molar-refractivity contribution is -0.186. The van der Waals surface area contributed by atoms with Crippen LogP contribution >= 0.6 is 0 Å². The molecule has 1 heterocycles. The van der Waals surface area contributed by atoms with E-state index in [-0.39, 0.29) is 12.3 Å². The van der Waals surface area contributed by atoms with Gasteiger partial charge in [-0.2, -0.15) is 0 Å². The van der Waals surface area contributed by atoms with Gasteiger partial charge >= 0.3 is 5.97 Å². The molecule has 0 unspecified atom stereocenters. The SMILES string of the molecule is C=C(CCC(=O)ON1C(=C)CCC1=O)OCCN. The zero-order valence-electron chi connectivity index (χ0n) is 10.3. The van der Waals surface area contributed by atoms with Crippen molar-refractivity contribution in [3.05, 3.63) is 24.6 Å². The first-order valence-electron chi connectivity index (χ1n) is 5.76. The second kappa shape index (κ2) is 6.80. The third-order valence-corrected chi connectivity index (χ3v) is 2.37. The predicted octanol–water partition coefficient (Wildman–Crippen LogP) is 0.850. The van der Waals surface area contributed by atoms with Gasteiger partial charge in [-0.3, -0.25) is 4.79 Å². The van der Waals surface area contributed by atoms with E-state index in [4.69, 9.17) is 15.3 Å². The maximum absolute atomic E-state index is 11.5. The van der Waals surface area contributed by atoms with Gasteiger partial charge in [0.05, 0.1) is 24.5 Å². The second-order valence-corrected chi connectivity index (χ2v) is 3.89. The number of nitrogens with zero attached hydrogens (tertiary/aromatic N) is 1. The molecule has 18 heavy (non-hydrogen) atoms. The summed E-state index contributed by atoms with van der Waals surface area (Å²) in [4.78, 5) is 27.7. The Balaban J connectivity index is 2.27. The molecule has 100 valence electrons. The van der Waals surface area contributed by atoms with Crippen LogP contribution in [0.25, 0.3) is 0 Å². The molecular formula is C12H18N2O4. The van der Waals surface area contributed by atoms with E-state index < -0.39 is 5.97 Å². The number of carbonyl (C=O) groups excluding carboxylic acids is 2. The minimum atomic E-state index is -0.510. The highest BCUT2D eigenvalue weighted by molar-refractivity contribution is 5.82. The van der Waals surface area contributed by atoms with Crippen LogP contribution in [0.4, 0.5) is 0 Å². The lowest BCUT2D eigenvalue weighted by Gasteiger charge is -2.15. The average Bonchev–Trinajstić information content (AvgIpc) is 2.65. The van der Waals surface area contributed by atoms with E-state index in [0.29, 0.717) is 43.9 Å². The molecule has 6 nitrogen and oxygen atoms in total. The summed E-state index contributed by atoms with van der Waals surface area (Å²) in [7, 11) is 0. The summed E-state index contributed by atoms with van der Waals surface area (Å²) in [5.41, 5.74) is 5.77. The molecule has 0 aromatic rings. The highest BCUT2D eigenvalue weighted by Gasteiger charge is 2.27. The fourth-order valence-corrected chi connectivity index (χ4v) is 1.41. The van der Waals surface area contributed by atoms with E-state index in [1.165, 1.54) is 0 Å². The lowest BCUT2D eigenvalue weighted by Crippen LogP contribution is -2.26. The van der Waals surface area contributed by atoms with E-state index in [0.717, 1.165) is 5.06 Å². The van der Waals surface area contributed by atoms with E-state index in [1.807, 2.05) is 0 Å². The Morgan fingerprint density at radius 3 is 2.67 bits per heavy atom. The minimum Gasteiger partial charge on any atom is -0.497 e. The topological polar surface area (TPSA) is 81.9 Å². The molecular weight excluding hydrogens is 236 g/mol. The number of ether oxygens (including phenoxy) is 1. The van der Waals surface area contributed by atoms with Crippen LogP contribution in [0, 0.1) is 0 Å². The Hall–Kier alpha value is -1.82. The van der Waals surface area contributed by atoms with Crippen molar-refractivity contribution in [3.8, 4) is 0 Å². The van der Waals surface area contributed by atoms with Crippen molar-refractivity contribution in [2.75, 3.05) is 13.2 Å². The molecule has 2 N–H and O–H groups in total. The quantitative estimate of drug-likeness (QED) is 0.681. The molecule has 1 aliphatic rings. The second-order valence-electron chi connectivity index (χ2n) is 3.89. The van der Waals surface area contributed by atoms with Crippen LogP contribution in [0.1, 0.15) is 25.7 Å². The molecule has 0 aromatic heterocycles. The number of hydrogen-bond donors (Lipinski definition) is 1. The van der Waals surface area contributed by atoms with Crippen molar-refractivity contribution < 1.29 is 19.2 Å². The third-order valence-electron chi connectivity index (χ3n) is 2.37. The molecule has 6 heteroatoms. The largest absolute Gasteiger partial charge is 0.497 e. The van der Waals surface area contributed by atoms with Gasteiger partial charge < -0.3 is 15.3 Å². The Morgan fingerprint density at radius 2 is 2.11 bits per heavy atom. The van der Waals surface area contributed by atoms with Crippen molar-refractivity contribution in [1.29, 1.82) is 0 Å². The summed E-state index contributed by atoms with van der Waals surface area (Å²) in [6, 6.07) is 0. The van der Waals surface area contributed by atoms with Crippen LogP contribution in [0.5, 0.6) is 0 Å². The Kier molecular flexibility index (Phi) is 5.38. The Bertz CT molecular complexity index is 349. The summed E-state index contributed by atoms with van der Waals surface area (Å²) in [5, 5.41) is 0.964. The van der Waals surface area contributed by atoms with E-state index in [2.05, 4.69) is 13.2 Å². The zero-order chi connectivity index (χ0) is 13.5. The van der Waals surface area contributed by atoms with E-state index >= 15 is 0 Å². The van der Waals surface area contributed by atoms with Gasteiger partial charge in [0.25, 0.3) is 5.91 Å². The first-order valence-corrected chi connectivity index (χ1v) is 5.76. The van der Waals surface area contributed by atoms with Gasteiger partial charge in [-0.15, -0.1) is 5.06 Å².